The molecule has 1 heterocycles. The maximum atomic E-state index is 12.1. The van der Waals surface area contributed by atoms with E-state index in [9.17, 15) is 9.59 Å². The van der Waals surface area contributed by atoms with Crippen LogP contribution in [0.5, 0.6) is 0 Å². The van der Waals surface area contributed by atoms with E-state index < -0.39 is 5.97 Å². The Bertz CT molecular complexity index is 516. The van der Waals surface area contributed by atoms with Gasteiger partial charge in [-0.2, -0.15) is 0 Å². The summed E-state index contributed by atoms with van der Waals surface area (Å²) in [5.74, 6) is -0.584. The second-order valence-electron chi connectivity index (χ2n) is 5.55. The van der Waals surface area contributed by atoms with Crippen LogP contribution in [-0.2, 0) is 11.2 Å². The van der Waals surface area contributed by atoms with Crippen LogP contribution in [0, 0.1) is 5.92 Å². The molecule has 1 amide bonds. The minimum atomic E-state index is -0.931. The first-order valence-corrected chi connectivity index (χ1v) is 7.42. The number of benzene rings is 1. The number of carboxylic acids is 1. The smallest absolute Gasteiger partial charge is 0.335 e. The Morgan fingerprint density at radius 3 is 2.86 bits per heavy atom. The Hall–Kier alpha value is -1.88. The van der Waals surface area contributed by atoms with E-state index >= 15 is 0 Å². The van der Waals surface area contributed by atoms with Crippen molar-refractivity contribution in [1.82, 2.24) is 10.6 Å². The molecule has 0 spiro atoms. The molecule has 0 aliphatic carbocycles. The summed E-state index contributed by atoms with van der Waals surface area (Å²) in [6.07, 6.45) is 2.69. The van der Waals surface area contributed by atoms with E-state index in [1.54, 1.807) is 18.2 Å². The Labute approximate surface area is 124 Å². The highest BCUT2D eigenvalue weighted by atomic mass is 16.4. The highest BCUT2D eigenvalue weighted by Crippen LogP contribution is 2.15. The average molecular weight is 290 g/mol. The van der Waals surface area contributed by atoms with Crippen LogP contribution in [0.3, 0.4) is 0 Å². The van der Waals surface area contributed by atoms with Gasteiger partial charge in [0.25, 0.3) is 0 Å². The van der Waals surface area contributed by atoms with Crippen LogP contribution < -0.4 is 10.6 Å². The number of piperidine rings is 1. The first kappa shape index (κ1) is 15.5. The fourth-order valence-corrected chi connectivity index (χ4v) is 2.78. The van der Waals surface area contributed by atoms with E-state index in [2.05, 4.69) is 17.6 Å². The molecular formula is C16H22N2O3. The number of hydrogen-bond acceptors (Lipinski definition) is 3. The molecule has 2 unspecified atom stereocenters. The van der Waals surface area contributed by atoms with Crippen LogP contribution in [0.1, 0.15) is 35.7 Å². The van der Waals surface area contributed by atoms with Crippen LogP contribution in [0.25, 0.3) is 0 Å². The van der Waals surface area contributed by atoms with Gasteiger partial charge in [0, 0.05) is 6.54 Å². The molecule has 114 valence electrons. The maximum absolute atomic E-state index is 12.1. The van der Waals surface area contributed by atoms with Gasteiger partial charge in [-0.3, -0.25) is 4.79 Å². The highest BCUT2D eigenvalue weighted by molar-refractivity contribution is 5.89. The molecule has 0 aromatic heterocycles. The number of carboxylic acid groups (broad SMARTS) is 1. The van der Waals surface area contributed by atoms with Crippen LogP contribution in [0.15, 0.2) is 24.3 Å². The van der Waals surface area contributed by atoms with Gasteiger partial charge >= 0.3 is 5.97 Å². The SMILES string of the molecule is CC1CCCNC1C(=O)NCCc1ccccc1C(=O)O. The molecule has 3 N–H and O–H groups in total. The summed E-state index contributed by atoms with van der Waals surface area (Å²) in [7, 11) is 0. The molecule has 2 rings (SSSR count). The lowest BCUT2D eigenvalue weighted by atomic mass is 9.92. The third kappa shape index (κ3) is 4.04. The predicted molar refractivity (Wildman–Crippen MR) is 80.3 cm³/mol. The normalized spacial score (nSPS) is 21.8. The third-order valence-electron chi connectivity index (χ3n) is 3.99. The molecule has 1 saturated heterocycles. The van der Waals surface area contributed by atoms with Gasteiger partial charge in [0.2, 0.25) is 5.91 Å². The molecule has 1 aromatic carbocycles. The molecule has 1 aliphatic rings. The van der Waals surface area contributed by atoms with E-state index in [0.29, 0.717) is 24.4 Å². The Kier molecular flexibility index (Phi) is 5.33. The largest absolute Gasteiger partial charge is 0.478 e. The van der Waals surface area contributed by atoms with Crippen LogP contribution in [0.2, 0.25) is 0 Å². The van der Waals surface area contributed by atoms with Crippen molar-refractivity contribution in [3.8, 4) is 0 Å². The molecule has 0 radical (unpaired) electrons. The van der Waals surface area contributed by atoms with Crippen molar-refractivity contribution in [3.05, 3.63) is 35.4 Å². The van der Waals surface area contributed by atoms with Gasteiger partial charge in [-0.25, -0.2) is 4.79 Å². The molecule has 5 nitrogen and oxygen atoms in total. The molecule has 0 saturated carbocycles. The van der Waals surface area contributed by atoms with Gasteiger partial charge in [-0.15, -0.1) is 0 Å². The molecule has 0 bridgehead atoms. The van der Waals surface area contributed by atoms with E-state index in [-0.39, 0.29) is 11.9 Å². The summed E-state index contributed by atoms with van der Waals surface area (Å²) < 4.78 is 0. The van der Waals surface area contributed by atoms with E-state index in [4.69, 9.17) is 5.11 Å². The summed E-state index contributed by atoms with van der Waals surface area (Å²) in [6.45, 7) is 3.41. The maximum Gasteiger partial charge on any atom is 0.335 e. The van der Waals surface area contributed by atoms with Crippen molar-refractivity contribution < 1.29 is 14.7 Å². The average Bonchev–Trinajstić information content (AvgIpc) is 2.48. The lowest BCUT2D eigenvalue weighted by Gasteiger charge is -2.28. The topological polar surface area (TPSA) is 78.4 Å². The fourth-order valence-electron chi connectivity index (χ4n) is 2.78. The van der Waals surface area contributed by atoms with Gasteiger partial charge in [0.15, 0.2) is 0 Å². The Morgan fingerprint density at radius 2 is 2.14 bits per heavy atom. The summed E-state index contributed by atoms with van der Waals surface area (Å²) in [5.41, 5.74) is 1.05. The molecule has 2 atom stereocenters. The monoisotopic (exact) mass is 290 g/mol. The van der Waals surface area contributed by atoms with E-state index in [0.717, 1.165) is 24.9 Å². The lowest BCUT2D eigenvalue weighted by Crippen LogP contribution is -2.51. The van der Waals surface area contributed by atoms with Gasteiger partial charge in [-0.1, -0.05) is 25.1 Å². The second-order valence-corrected chi connectivity index (χ2v) is 5.55. The number of amides is 1. The van der Waals surface area contributed by atoms with Gasteiger partial charge in [0.1, 0.15) is 0 Å². The second kappa shape index (κ2) is 7.22. The molecule has 1 fully saturated rings. The zero-order valence-corrected chi connectivity index (χ0v) is 12.3. The first-order chi connectivity index (χ1) is 10.1. The number of hydrogen-bond donors (Lipinski definition) is 3. The Morgan fingerprint density at radius 1 is 1.38 bits per heavy atom. The number of carbonyl (C=O) groups is 2. The van der Waals surface area contributed by atoms with Gasteiger partial charge in [0.05, 0.1) is 11.6 Å². The first-order valence-electron chi connectivity index (χ1n) is 7.42. The van der Waals surface area contributed by atoms with Gasteiger partial charge in [-0.05, 0) is 43.4 Å². The number of aromatic carboxylic acids is 1. The Balaban J connectivity index is 1.87. The van der Waals surface area contributed by atoms with E-state index in [1.165, 1.54) is 0 Å². The lowest BCUT2D eigenvalue weighted by molar-refractivity contribution is -0.124. The fraction of sp³-hybridized carbons (Fsp3) is 0.500. The van der Waals surface area contributed by atoms with Crippen LogP contribution in [0.4, 0.5) is 0 Å². The number of rotatable bonds is 5. The summed E-state index contributed by atoms with van der Waals surface area (Å²) in [5, 5.41) is 15.3. The predicted octanol–water partition coefficient (Wildman–Crippen LogP) is 1.43. The molecule has 21 heavy (non-hydrogen) atoms. The van der Waals surface area contributed by atoms with Crippen LogP contribution >= 0.6 is 0 Å². The quantitative estimate of drug-likeness (QED) is 0.766. The zero-order chi connectivity index (χ0) is 15.2. The molecule has 1 aliphatic heterocycles. The number of carbonyl (C=O) groups excluding carboxylic acids is 1. The van der Waals surface area contributed by atoms with Crippen molar-refractivity contribution in [2.45, 2.75) is 32.2 Å². The molecule has 5 heteroatoms. The van der Waals surface area contributed by atoms with Crippen molar-refractivity contribution in [2.75, 3.05) is 13.1 Å². The summed E-state index contributed by atoms with van der Waals surface area (Å²) in [4.78, 5) is 23.2. The minimum Gasteiger partial charge on any atom is -0.478 e. The standard InChI is InChI=1S/C16H22N2O3/c1-11-5-4-9-17-14(11)15(19)18-10-8-12-6-2-3-7-13(12)16(20)21/h2-3,6-7,11,14,17H,4-5,8-10H2,1H3,(H,18,19)(H,20,21). The third-order valence-corrected chi connectivity index (χ3v) is 3.99. The number of nitrogens with one attached hydrogen (secondary N) is 2. The highest BCUT2D eigenvalue weighted by Gasteiger charge is 2.26. The van der Waals surface area contributed by atoms with E-state index in [1.807, 2.05) is 6.07 Å². The zero-order valence-electron chi connectivity index (χ0n) is 12.3. The summed E-state index contributed by atoms with van der Waals surface area (Å²) in [6, 6.07) is 6.77. The van der Waals surface area contributed by atoms with Crippen molar-refractivity contribution in [2.24, 2.45) is 5.92 Å². The molecular weight excluding hydrogens is 268 g/mol. The van der Waals surface area contributed by atoms with Crippen molar-refractivity contribution in [1.29, 1.82) is 0 Å². The minimum absolute atomic E-state index is 0.00926. The van der Waals surface area contributed by atoms with Crippen molar-refractivity contribution >= 4 is 11.9 Å². The summed E-state index contributed by atoms with van der Waals surface area (Å²) >= 11 is 0. The molecule has 1 aromatic rings. The van der Waals surface area contributed by atoms with Crippen LogP contribution in [-0.4, -0.2) is 36.1 Å². The van der Waals surface area contributed by atoms with Crippen molar-refractivity contribution in [3.63, 3.8) is 0 Å². The van der Waals surface area contributed by atoms with Gasteiger partial charge < -0.3 is 15.7 Å².